The highest BCUT2D eigenvalue weighted by atomic mass is 16.5. The second-order valence-corrected chi connectivity index (χ2v) is 5.08. The van der Waals surface area contributed by atoms with Gasteiger partial charge in [0.15, 0.2) is 5.78 Å². The molecule has 1 unspecified atom stereocenters. The van der Waals surface area contributed by atoms with Gasteiger partial charge in [0.25, 0.3) is 0 Å². The Morgan fingerprint density at radius 2 is 2.10 bits per heavy atom. The molecule has 0 spiro atoms. The zero-order valence-corrected chi connectivity index (χ0v) is 13.0. The van der Waals surface area contributed by atoms with Crippen molar-refractivity contribution in [3.8, 4) is 5.75 Å². The van der Waals surface area contributed by atoms with Crippen LogP contribution in [0.4, 0.5) is 5.69 Å². The summed E-state index contributed by atoms with van der Waals surface area (Å²) in [5, 5.41) is 0. The maximum absolute atomic E-state index is 12.6. The van der Waals surface area contributed by atoms with Crippen LogP contribution in [0, 0.1) is 0 Å². The minimum absolute atomic E-state index is 0.0886. The number of ketones is 1. The SMILES string of the molecule is CCCCN(C)C(CC)C(=O)c1ccc(OC)c(N)c1. The molecule has 4 nitrogen and oxygen atoms in total. The van der Waals surface area contributed by atoms with Crippen molar-refractivity contribution in [1.29, 1.82) is 0 Å². The van der Waals surface area contributed by atoms with Gasteiger partial charge in [0.1, 0.15) is 5.75 Å². The zero-order valence-electron chi connectivity index (χ0n) is 13.0. The average molecular weight is 278 g/mol. The normalized spacial score (nSPS) is 12.4. The summed E-state index contributed by atoms with van der Waals surface area (Å²) in [6.07, 6.45) is 3.03. The number of unbranched alkanes of at least 4 members (excludes halogenated alkanes) is 1. The van der Waals surface area contributed by atoms with Crippen molar-refractivity contribution in [1.82, 2.24) is 4.90 Å². The lowest BCUT2D eigenvalue weighted by molar-refractivity contribution is 0.0844. The smallest absolute Gasteiger partial charge is 0.180 e. The second kappa shape index (κ2) is 7.90. The number of hydrogen-bond acceptors (Lipinski definition) is 4. The average Bonchev–Trinajstić information content (AvgIpc) is 2.45. The first-order valence-electron chi connectivity index (χ1n) is 7.23. The van der Waals surface area contributed by atoms with Crippen LogP contribution in [0.15, 0.2) is 18.2 Å². The lowest BCUT2D eigenvalue weighted by atomic mass is 10.00. The number of methoxy groups -OCH3 is 1. The molecule has 0 saturated carbocycles. The third kappa shape index (κ3) is 3.97. The van der Waals surface area contributed by atoms with Crippen molar-refractivity contribution < 1.29 is 9.53 Å². The van der Waals surface area contributed by atoms with E-state index in [9.17, 15) is 4.79 Å². The number of hydrogen-bond donors (Lipinski definition) is 1. The molecule has 0 radical (unpaired) electrons. The number of anilines is 1. The van der Waals surface area contributed by atoms with Crippen molar-refractivity contribution in [2.24, 2.45) is 0 Å². The summed E-state index contributed by atoms with van der Waals surface area (Å²) in [6, 6.07) is 5.15. The van der Waals surface area contributed by atoms with Crippen molar-refractivity contribution in [3.05, 3.63) is 23.8 Å². The van der Waals surface area contributed by atoms with Crippen LogP contribution in [-0.2, 0) is 0 Å². The Bertz CT molecular complexity index is 446. The maximum atomic E-state index is 12.6. The zero-order chi connectivity index (χ0) is 15.1. The molecule has 0 saturated heterocycles. The lowest BCUT2D eigenvalue weighted by Crippen LogP contribution is -2.38. The van der Waals surface area contributed by atoms with E-state index in [1.54, 1.807) is 25.3 Å². The first-order valence-corrected chi connectivity index (χ1v) is 7.23. The van der Waals surface area contributed by atoms with Crippen LogP contribution < -0.4 is 10.5 Å². The molecule has 1 rings (SSSR count). The van der Waals surface area contributed by atoms with E-state index in [4.69, 9.17) is 10.5 Å². The molecule has 1 aromatic rings. The molecule has 20 heavy (non-hydrogen) atoms. The summed E-state index contributed by atoms with van der Waals surface area (Å²) in [5.41, 5.74) is 7.03. The molecule has 1 aromatic carbocycles. The predicted molar refractivity (Wildman–Crippen MR) is 83.4 cm³/mol. The number of nitrogens with two attached hydrogens (primary N) is 1. The molecule has 0 heterocycles. The number of nitrogen functional groups attached to an aromatic ring is 1. The Hall–Kier alpha value is -1.55. The number of likely N-dealkylation sites (N-methyl/N-ethyl adjacent to an activating group) is 1. The molecule has 0 amide bonds. The van der Waals surface area contributed by atoms with Crippen LogP contribution in [0.1, 0.15) is 43.5 Å². The molecule has 0 aliphatic rings. The van der Waals surface area contributed by atoms with Crippen LogP contribution in [0.3, 0.4) is 0 Å². The van der Waals surface area contributed by atoms with Gasteiger partial charge in [-0.1, -0.05) is 20.3 Å². The minimum Gasteiger partial charge on any atom is -0.495 e. The molecular weight excluding hydrogens is 252 g/mol. The number of carbonyl (C=O) groups is 1. The van der Waals surface area contributed by atoms with E-state index in [-0.39, 0.29) is 11.8 Å². The highest BCUT2D eigenvalue weighted by Gasteiger charge is 2.22. The van der Waals surface area contributed by atoms with Crippen LogP contribution in [0.25, 0.3) is 0 Å². The molecule has 2 N–H and O–H groups in total. The number of ether oxygens (including phenoxy) is 1. The largest absolute Gasteiger partial charge is 0.495 e. The van der Waals surface area contributed by atoms with Gasteiger partial charge in [-0.15, -0.1) is 0 Å². The lowest BCUT2D eigenvalue weighted by Gasteiger charge is -2.26. The van der Waals surface area contributed by atoms with Crippen LogP contribution in [-0.4, -0.2) is 37.4 Å². The molecule has 1 atom stereocenters. The highest BCUT2D eigenvalue weighted by Crippen LogP contribution is 2.23. The molecule has 0 aliphatic carbocycles. The molecule has 0 aromatic heterocycles. The number of nitrogens with zero attached hydrogens (tertiary/aromatic N) is 1. The predicted octanol–water partition coefficient (Wildman–Crippen LogP) is 2.97. The van der Waals surface area contributed by atoms with Crippen molar-refractivity contribution in [3.63, 3.8) is 0 Å². The van der Waals surface area contributed by atoms with Gasteiger partial charge < -0.3 is 10.5 Å². The summed E-state index contributed by atoms with van der Waals surface area (Å²) in [5.74, 6) is 0.731. The number of carbonyl (C=O) groups excluding carboxylic acids is 1. The van der Waals surface area contributed by atoms with E-state index in [1.807, 2.05) is 14.0 Å². The van der Waals surface area contributed by atoms with Gasteiger partial charge in [0.05, 0.1) is 18.8 Å². The standard InChI is InChI=1S/C16H26N2O2/c1-5-7-10-18(3)14(6-2)16(19)12-8-9-15(20-4)13(17)11-12/h8-9,11,14H,5-7,10,17H2,1-4H3. The molecule has 0 fully saturated rings. The molecule has 4 heteroatoms. The van der Waals surface area contributed by atoms with Crippen LogP contribution in [0.5, 0.6) is 5.75 Å². The monoisotopic (exact) mass is 278 g/mol. The van der Waals surface area contributed by atoms with Crippen molar-refractivity contribution >= 4 is 11.5 Å². The molecule has 0 bridgehead atoms. The van der Waals surface area contributed by atoms with E-state index in [0.29, 0.717) is 17.0 Å². The fourth-order valence-corrected chi connectivity index (χ4v) is 2.34. The molecule has 112 valence electrons. The topological polar surface area (TPSA) is 55.6 Å². The fourth-order valence-electron chi connectivity index (χ4n) is 2.34. The Balaban J connectivity index is 2.88. The van der Waals surface area contributed by atoms with E-state index < -0.39 is 0 Å². The maximum Gasteiger partial charge on any atom is 0.180 e. The van der Waals surface area contributed by atoms with Gasteiger partial charge in [-0.05, 0) is 44.6 Å². The number of benzene rings is 1. The first-order chi connectivity index (χ1) is 9.54. The Morgan fingerprint density at radius 1 is 1.40 bits per heavy atom. The summed E-state index contributed by atoms with van der Waals surface area (Å²) in [7, 11) is 3.58. The van der Waals surface area contributed by atoms with Gasteiger partial charge in [-0.2, -0.15) is 0 Å². The molecule has 0 aliphatic heterocycles. The van der Waals surface area contributed by atoms with Gasteiger partial charge in [0, 0.05) is 5.56 Å². The summed E-state index contributed by atoms with van der Waals surface area (Å²) in [6.45, 7) is 5.13. The van der Waals surface area contributed by atoms with Gasteiger partial charge >= 0.3 is 0 Å². The minimum atomic E-state index is -0.0886. The van der Waals surface area contributed by atoms with Crippen molar-refractivity contribution in [2.75, 3.05) is 26.4 Å². The Morgan fingerprint density at radius 3 is 2.60 bits per heavy atom. The van der Waals surface area contributed by atoms with Crippen LogP contribution in [0.2, 0.25) is 0 Å². The number of Topliss-reactive ketones (excluding diaryl/α,β-unsaturated/α-hetero) is 1. The molecular formula is C16H26N2O2. The fraction of sp³-hybridized carbons (Fsp3) is 0.562. The first kappa shape index (κ1) is 16.5. The summed E-state index contributed by atoms with van der Waals surface area (Å²) >= 11 is 0. The third-order valence-corrected chi connectivity index (χ3v) is 3.60. The van der Waals surface area contributed by atoms with E-state index >= 15 is 0 Å². The number of rotatable bonds is 8. The van der Waals surface area contributed by atoms with E-state index in [2.05, 4.69) is 11.8 Å². The van der Waals surface area contributed by atoms with Gasteiger partial charge in [-0.25, -0.2) is 0 Å². The van der Waals surface area contributed by atoms with Gasteiger partial charge in [0.2, 0.25) is 0 Å². The third-order valence-electron chi connectivity index (χ3n) is 3.60. The van der Waals surface area contributed by atoms with Crippen molar-refractivity contribution in [2.45, 2.75) is 39.2 Å². The summed E-state index contributed by atoms with van der Waals surface area (Å²) in [4.78, 5) is 14.7. The van der Waals surface area contributed by atoms with E-state index in [0.717, 1.165) is 25.8 Å². The van der Waals surface area contributed by atoms with Crippen LogP contribution >= 0.6 is 0 Å². The Labute approximate surface area is 121 Å². The highest BCUT2D eigenvalue weighted by molar-refractivity contribution is 6.01. The Kier molecular flexibility index (Phi) is 6.52. The van der Waals surface area contributed by atoms with E-state index in [1.165, 1.54) is 0 Å². The second-order valence-electron chi connectivity index (χ2n) is 5.08. The van der Waals surface area contributed by atoms with Gasteiger partial charge in [-0.3, -0.25) is 9.69 Å². The summed E-state index contributed by atoms with van der Waals surface area (Å²) < 4.78 is 5.12. The quantitative estimate of drug-likeness (QED) is 0.586.